The van der Waals surface area contributed by atoms with E-state index in [0.29, 0.717) is 19.3 Å². The SMILES string of the molecule is CCCCCCCC(=O)OC(C)(CCO)CCO. The minimum absolute atomic E-state index is 0.0414. The first kappa shape index (κ1) is 17.4. The first-order valence-electron chi connectivity index (χ1n) is 7.01. The van der Waals surface area contributed by atoms with Crippen molar-refractivity contribution in [3.8, 4) is 0 Å². The number of hydrogen-bond donors (Lipinski definition) is 2. The fourth-order valence-electron chi connectivity index (χ4n) is 1.90. The zero-order valence-electron chi connectivity index (χ0n) is 11.8. The van der Waals surface area contributed by atoms with Crippen molar-refractivity contribution in [3.05, 3.63) is 0 Å². The normalized spacial score (nSPS) is 11.6. The second-order valence-electron chi connectivity index (χ2n) is 5.04. The van der Waals surface area contributed by atoms with Crippen LogP contribution in [0.15, 0.2) is 0 Å². The first-order valence-corrected chi connectivity index (χ1v) is 7.01. The summed E-state index contributed by atoms with van der Waals surface area (Å²) >= 11 is 0. The highest BCUT2D eigenvalue weighted by Crippen LogP contribution is 2.21. The molecule has 4 nitrogen and oxygen atoms in total. The summed E-state index contributed by atoms with van der Waals surface area (Å²) in [5, 5.41) is 17.9. The summed E-state index contributed by atoms with van der Waals surface area (Å²) in [7, 11) is 0. The van der Waals surface area contributed by atoms with Gasteiger partial charge in [-0.1, -0.05) is 32.6 Å². The molecule has 2 N–H and O–H groups in total. The van der Waals surface area contributed by atoms with Crippen molar-refractivity contribution in [1.29, 1.82) is 0 Å². The minimum Gasteiger partial charge on any atom is -0.459 e. The van der Waals surface area contributed by atoms with E-state index in [1.807, 2.05) is 0 Å². The number of carbonyl (C=O) groups is 1. The highest BCUT2D eigenvalue weighted by molar-refractivity contribution is 5.69. The predicted molar refractivity (Wildman–Crippen MR) is 71.3 cm³/mol. The standard InChI is InChI=1S/C14H28O4/c1-3-4-5-6-7-8-13(17)18-14(2,9-11-15)10-12-16/h15-16H,3-12H2,1-2H3. The molecule has 0 rings (SSSR count). The Morgan fingerprint density at radius 2 is 1.61 bits per heavy atom. The van der Waals surface area contributed by atoms with Gasteiger partial charge in [0, 0.05) is 32.5 Å². The summed E-state index contributed by atoms with van der Waals surface area (Å²) in [6.07, 6.45) is 6.64. The lowest BCUT2D eigenvalue weighted by Gasteiger charge is -2.28. The van der Waals surface area contributed by atoms with Gasteiger partial charge in [0.1, 0.15) is 5.60 Å². The van der Waals surface area contributed by atoms with Crippen LogP contribution in [0.4, 0.5) is 0 Å². The third kappa shape index (κ3) is 8.48. The van der Waals surface area contributed by atoms with Crippen LogP contribution in [-0.2, 0) is 9.53 Å². The summed E-state index contributed by atoms with van der Waals surface area (Å²) in [6.45, 7) is 3.83. The van der Waals surface area contributed by atoms with Crippen LogP contribution >= 0.6 is 0 Å². The van der Waals surface area contributed by atoms with Crippen LogP contribution < -0.4 is 0 Å². The fraction of sp³-hybridized carbons (Fsp3) is 0.929. The molecule has 0 aromatic heterocycles. The second-order valence-corrected chi connectivity index (χ2v) is 5.04. The molecule has 0 aliphatic carbocycles. The Bertz CT molecular complexity index is 210. The molecular formula is C14H28O4. The third-order valence-corrected chi connectivity index (χ3v) is 3.13. The number of ether oxygens (including phenoxy) is 1. The lowest BCUT2D eigenvalue weighted by Crippen LogP contribution is -2.34. The Morgan fingerprint density at radius 3 is 2.11 bits per heavy atom. The van der Waals surface area contributed by atoms with Gasteiger partial charge in [0.15, 0.2) is 0 Å². The van der Waals surface area contributed by atoms with Crippen molar-refractivity contribution in [3.63, 3.8) is 0 Å². The molecule has 0 bridgehead atoms. The number of hydrogen-bond acceptors (Lipinski definition) is 4. The Morgan fingerprint density at radius 1 is 1.06 bits per heavy atom. The number of unbranched alkanes of at least 4 members (excludes halogenated alkanes) is 4. The van der Waals surface area contributed by atoms with E-state index in [-0.39, 0.29) is 19.2 Å². The van der Waals surface area contributed by atoms with Gasteiger partial charge in [-0.3, -0.25) is 4.79 Å². The summed E-state index contributed by atoms with van der Waals surface area (Å²) in [6, 6.07) is 0. The van der Waals surface area contributed by atoms with Crippen LogP contribution in [0, 0.1) is 0 Å². The molecule has 4 heteroatoms. The molecule has 0 aliphatic heterocycles. The lowest BCUT2D eigenvalue weighted by molar-refractivity contribution is -0.161. The molecule has 0 radical (unpaired) electrons. The van der Waals surface area contributed by atoms with Gasteiger partial charge in [-0.05, 0) is 13.3 Å². The minimum atomic E-state index is -0.732. The molecule has 0 fully saturated rings. The van der Waals surface area contributed by atoms with Crippen molar-refractivity contribution in [1.82, 2.24) is 0 Å². The topological polar surface area (TPSA) is 66.8 Å². The molecule has 108 valence electrons. The maximum absolute atomic E-state index is 11.7. The highest BCUT2D eigenvalue weighted by atomic mass is 16.6. The number of esters is 1. The molecular weight excluding hydrogens is 232 g/mol. The van der Waals surface area contributed by atoms with Crippen molar-refractivity contribution in [2.24, 2.45) is 0 Å². The highest BCUT2D eigenvalue weighted by Gasteiger charge is 2.27. The largest absolute Gasteiger partial charge is 0.459 e. The van der Waals surface area contributed by atoms with Crippen LogP contribution in [0.5, 0.6) is 0 Å². The quantitative estimate of drug-likeness (QED) is 0.442. The van der Waals surface area contributed by atoms with Crippen molar-refractivity contribution in [2.75, 3.05) is 13.2 Å². The zero-order chi connectivity index (χ0) is 13.9. The van der Waals surface area contributed by atoms with E-state index in [4.69, 9.17) is 14.9 Å². The summed E-state index contributed by atoms with van der Waals surface area (Å²) in [5.41, 5.74) is -0.732. The Balaban J connectivity index is 3.87. The van der Waals surface area contributed by atoms with Crippen LogP contribution in [0.1, 0.15) is 65.2 Å². The van der Waals surface area contributed by atoms with Crippen LogP contribution in [0.25, 0.3) is 0 Å². The molecule has 0 saturated heterocycles. The molecule has 0 aliphatic rings. The smallest absolute Gasteiger partial charge is 0.306 e. The van der Waals surface area contributed by atoms with Gasteiger partial charge in [0.2, 0.25) is 0 Å². The molecule has 0 spiro atoms. The molecule has 0 aromatic carbocycles. The molecule has 0 atom stereocenters. The molecule has 0 aromatic rings. The van der Waals surface area contributed by atoms with E-state index >= 15 is 0 Å². The number of aliphatic hydroxyl groups is 2. The molecule has 0 amide bonds. The molecule has 0 heterocycles. The van der Waals surface area contributed by atoms with Crippen molar-refractivity contribution in [2.45, 2.75) is 70.8 Å². The van der Waals surface area contributed by atoms with E-state index in [1.165, 1.54) is 12.8 Å². The monoisotopic (exact) mass is 260 g/mol. The van der Waals surface area contributed by atoms with Gasteiger partial charge in [0.25, 0.3) is 0 Å². The summed E-state index contributed by atoms with van der Waals surface area (Å²) in [4.78, 5) is 11.7. The Kier molecular flexibility index (Phi) is 9.98. The molecule has 0 unspecified atom stereocenters. The van der Waals surface area contributed by atoms with Crippen molar-refractivity contribution >= 4 is 5.97 Å². The fourth-order valence-corrected chi connectivity index (χ4v) is 1.90. The van der Waals surface area contributed by atoms with Gasteiger partial charge in [-0.15, -0.1) is 0 Å². The van der Waals surface area contributed by atoms with E-state index < -0.39 is 5.60 Å². The zero-order valence-corrected chi connectivity index (χ0v) is 11.8. The summed E-state index contributed by atoms with van der Waals surface area (Å²) in [5.74, 6) is -0.226. The number of aliphatic hydroxyl groups excluding tert-OH is 2. The van der Waals surface area contributed by atoms with E-state index in [9.17, 15) is 4.79 Å². The van der Waals surface area contributed by atoms with Crippen LogP contribution in [-0.4, -0.2) is 35.0 Å². The van der Waals surface area contributed by atoms with Gasteiger partial charge in [-0.2, -0.15) is 0 Å². The van der Waals surface area contributed by atoms with Crippen LogP contribution in [0.3, 0.4) is 0 Å². The van der Waals surface area contributed by atoms with Crippen LogP contribution in [0.2, 0.25) is 0 Å². The van der Waals surface area contributed by atoms with E-state index in [2.05, 4.69) is 6.92 Å². The van der Waals surface area contributed by atoms with Gasteiger partial charge in [-0.25, -0.2) is 0 Å². The lowest BCUT2D eigenvalue weighted by atomic mass is 9.98. The van der Waals surface area contributed by atoms with Crippen molar-refractivity contribution < 1.29 is 19.7 Å². The van der Waals surface area contributed by atoms with Gasteiger partial charge in [0.05, 0.1) is 0 Å². The maximum atomic E-state index is 11.7. The average Bonchev–Trinajstić information content (AvgIpc) is 2.29. The first-order chi connectivity index (χ1) is 8.58. The van der Waals surface area contributed by atoms with E-state index in [1.54, 1.807) is 6.92 Å². The second kappa shape index (κ2) is 10.3. The van der Waals surface area contributed by atoms with Gasteiger partial charge >= 0.3 is 5.97 Å². The predicted octanol–water partition coefficient (Wildman–Crippen LogP) is 2.41. The van der Waals surface area contributed by atoms with E-state index in [0.717, 1.165) is 19.3 Å². The average molecular weight is 260 g/mol. The Labute approximate surface area is 110 Å². The third-order valence-electron chi connectivity index (χ3n) is 3.13. The number of carbonyl (C=O) groups excluding carboxylic acids is 1. The molecule has 0 saturated carbocycles. The molecule has 18 heavy (non-hydrogen) atoms. The maximum Gasteiger partial charge on any atom is 0.306 e. The Hall–Kier alpha value is -0.610. The van der Waals surface area contributed by atoms with Gasteiger partial charge < -0.3 is 14.9 Å². The summed E-state index contributed by atoms with van der Waals surface area (Å²) < 4.78 is 5.37. The number of rotatable bonds is 11.